The summed E-state index contributed by atoms with van der Waals surface area (Å²) in [4.78, 5) is 12.3. The molecule has 4 rings (SSSR count). The Kier molecular flexibility index (Phi) is 4.44. The third-order valence-electron chi connectivity index (χ3n) is 4.58. The number of benzene rings is 2. The summed E-state index contributed by atoms with van der Waals surface area (Å²) in [6.07, 6.45) is 3.25. The van der Waals surface area contributed by atoms with Gasteiger partial charge in [0.05, 0.1) is 18.5 Å². The largest absolute Gasteiger partial charge is 0.494 e. The number of aromatic nitrogens is 2. The fraction of sp³-hybridized carbons (Fsp3) is 0.238. The van der Waals surface area contributed by atoms with E-state index >= 15 is 0 Å². The quantitative estimate of drug-likeness (QED) is 0.755. The normalized spacial score (nSPS) is 16.0. The molecule has 132 valence electrons. The number of nitrogens with zero attached hydrogens (tertiary/aromatic N) is 2. The number of carbonyl (C=O) groups is 1. The van der Waals surface area contributed by atoms with E-state index in [-0.39, 0.29) is 11.8 Å². The lowest BCUT2D eigenvalue weighted by Gasteiger charge is -2.24. The van der Waals surface area contributed by atoms with Gasteiger partial charge in [0.25, 0.3) is 0 Å². The lowest BCUT2D eigenvalue weighted by atomic mass is 9.87. The average molecular weight is 347 g/mol. The fourth-order valence-electron chi connectivity index (χ4n) is 3.30. The third kappa shape index (κ3) is 3.08. The van der Waals surface area contributed by atoms with Crippen molar-refractivity contribution in [3.63, 3.8) is 0 Å². The van der Waals surface area contributed by atoms with E-state index < -0.39 is 0 Å². The number of carbonyl (C=O) groups excluding carboxylic acids is 1. The van der Waals surface area contributed by atoms with E-state index in [2.05, 4.69) is 17.3 Å². The second-order valence-corrected chi connectivity index (χ2v) is 6.42. The van der Waals surface area contributed by atoms with Gasteiger partial charge in [0.1, 0.15) is 11.6 Å². The van der Waals surface area contributed by atoms with Gasteiger partial charge in [0, 0.05) is 17.9 Å². The van der Waals surface area contributed by atoms with Crippen molar-refractivity contribution < 1.29 is 9.53 Å². The number of para-hydroxylation sites is 1. The topological polar surface area (TPSA) is 56.1 Å². The molecule has 1 aliphatic heterocycles. The molecule has 1 aliphatic rings. The van der Waals surface area contributed by atoms with Crippen LogP contribution in [0.15, 0.2) is 60.8 Å². The van der Waals surface area contributed by atoms with Crippen LogP contribution < -0.4 is 10.1 Å². The van der Waals surface area contributed by atoms with Gasteiger partial charge in [-0.3, -0.25) is 4.79 Å². The smallest absolute Gasteiger partial charge is 0.226 e. The highest BCUT2D eigenvalue weighted by Crippen LogP contribution is 2.38. The number of hydrogen-bond donors (Lipinski definition) is 1. The zero-order valence-electron chi connectivity index (χ0n) is 14.7. The predicted molar refractivity (Wildman–Crippen MR) is 101 cm³/mol. The van der Waals surface area contributed by atoms with Gasteiger partial charge in [-0.2, -0.15) is 5.10 Å². The van der Waals surface area contributed by atoms with Crippen LogP contribution in [-0.4, -0.2) is 22.3 Å². The molecule has 0 unspecified atom stereocenters. The Morgan fingerprint density at radius 2 is 1.92 bits per heavy atom. The number of ether oxygens (including phenoxy) is 1. The molecular formula is C21H21N3O2. The van der Waals surface area contributed by atoms with Crippen LogP contribution in [0.4, 0.5) is 5.82 Å². The number of amides is 1. The molecule has 0 spiro atoms. The molecule has 1 N–H and O–H groups in total. The van der Waals surface area contributed by atoms with Gasteiger partial charge in [-0.1, -0.05) is 37.3 Å². The van der Waals surface area contributed by atoms with Gasteiger partial charge in [-0.15, -0.1) is 0 Å². The van der Waals surface area contributed by atoms with Crippen LogP contribution in [0.2, 0.25) is 0 Å². The van der Waals surface area contributed by atoms with Gasteiger partial charge >= 0.3 is 0 Å². The van der Waals surface area contributed by atoms with Crippen LogP contribution >= 0.6 is 0 Å². The van der Waals surface area contributed by atoms with E-state index in [0.29, 0.717) is 13.0 Å². The van der Waals surface area contributed by atoms with Crippen LogP contribution in [-0.2, 0) is 4.79 Å². The summed E-state index contributed by atoms with van der Waals surface area (Å²) in [6.45, 7) is 2.79. The van der Waals surface area contributed by atoms with Crippen molar-refractivity contribution in [2.24, 2.45) is 0 Å². The van der Waals surface area contributed by atoms with Crippen LogP contribution in [0.25, 0.3) is 5.69 Å². The third-order valence-corrected chi connectivity index (χ3v) is 4.58. The minimum Gasteiger partial charge on any atom is -0.494 e. The molecule has 0 aliphatic carbocycles. The summed E-state index contributed by atoms with van der Waals surface area (Å²) >= 11 is 0. The van der Waals surface area contributed by atoms with Gasteiger partial charge in [-0.05, 0) is 36.2 Å². The van der Waals surface area contributed by atoms with Gasteiger partial charge in [0.2, 0.25) is 5.91 Å². The highest BCUT2D eigenvalue weighted by atomic mass is 16.5. The van der Waals surface area contributed by atoms with Crippen molar-refractivity contribution >= 4 is 11.7 Å². The molecule has 26 heavy (non-hydrogen) atoms. The van der Waals surface area contributed by atoms with Gasteiger partial charge < -0.3 is 10.1 Å². The van der Waals surface area contributed by atoms with Crippen molar-refractivity contribution in [3.05, 3.63) is 71.9 Å². The molecular weight excluding hydrogens is 326 g/mol. The summed E-state index contributed by atoms with van der Waals surface area (Å²) in [5.41, 5.74) is 3.06. The van der Waals surface area contributed by atoms with E-state index in [9.17, 15) is 4.79 Å². The van der Waals surface area contributed by atoms with E-state index in [4.69, 9.17) is 4.74 Å². The molecule has 5 nitrogen and oxygen atoms in total. The van der Waals surface area contributed by atoms with Crippen LogP contribution in [0.3, 0.4) is 0 Å². The minimum absolute atomic E-state index is 0.00330. The number of fused-ring (bicyclic) bond motifs is 1. The number of anilines is 1. The maximum absolute atomic E-state index is 12.3. The first kappa shape index (κ1) is 16.4. The zero-order chi connectivity index (χ0) is 17.9. The van der Waals surface area contributed by atoms with E-state index in [1.165, 1.54) is 0 Å². The van der Waals surface area contributed by atoms with Crippen LogP contribution in [0.1, 0.15) is 36.8 Å². The van der Waals surface area contributed by atoms with Crippen molar-refractivity contribution in [1.29, 1.82) is 0 Å². The maximum Gasteiger partial charge on any atom is 0.226 e. The highest BCUT2D eigenvalue weighted by Gasteiger charge is 2.30. The molecule has 3 aromatic rings. The molecule has 0 saturated carbocycles. The molecule has 2 aromatic carbocycles. The molecule has 1 amide bonds. The lowest BCUT2D eigenvalue weighted by Crippen LogP contribution is -2.24. The van der Waals surface area contributed by atoms with Crippen LogP contribution in [0.5, 0.6) is 5.75 Å². The molecule has 0 fully saturated rings. The van der Waals surface area contributed by atoms with Crippen molar-refractivity contribution in [1.82, 2.24) is 9.78 Å². The standard InChI is InChI=1S/C21H21N3O2/c1-2-12-26-17-10-8-15(9-11-17)18-13-20(25)23-21-19(18)14-22-24(21)16-6-4-3-5-7-16/h3-11,14,18H,2,12-13H2,1H3,(H,23,25)/t18-/m1/s1. The van der Waals surface area contributed by atoms with E-state index in [1.54, 1.807) is 4.68 Å². The molecule has 5 heteroatoms. The average Bonchev–Trinajstić information content (AvgIpc) is 3.10. The van der Waals surface area contributed by atoms with Crippen LogP contribution in [0, 0.1) is 0 Å². The molecule has 0 bridgehead atoms. The Balaban J connectivity index is 1.68. The number of rotatable bonds is 5. The SMILES string of the molecule is CCCOc1ccc([C@H]2CC(=O)Nc3c2cnn3-c2ccccc2)cc1. The Morgan fingerprint density at radius 3 is 2.65 bits per heavy atom. The Morgan fingerprint density at radius 1 is 1.15 bits per heavy atom. The Hall–Kier alpha value is -3.08. The van der Waals surface area contributed by atoms with E-state index in [0.717, 1.165) is 34.8 Å². The molecule has 1 aromatic heterocycles. The summed E-state index contributed by atoms with van der Waals surface area (Å²) in [5, 5.41) is 7.50. The molecule has 1 atom stereocenters. The second-order valence-electron chi connectivity index (χ2n) is 6.42. The summed E-state index contributed by atoms with van der Waals surface area (Å²) in [7, 11) is 0. The van der Waals surface area contributed by atoms with E-state index in [1.807, 2.05) is 60.8 Å². The van der Waals surface area contributed by atoms with Crippen molar-refractivity contribution in [2.45, 2.75) is 25.7 Å². The maximum atomic E-state index is 12.3. The first-order valence-corrected chi connectivity index (χ1v) is 8.92. The monoisotopic (exact) mass is 347 g/mol. The van der Waals surface area contributed by atoms with Crippen molar-refractivity contribution in [3.8, 4) is 11.4 Å². The lowest BCUT2D eigenvalue weighted by molar-refractivity contribution is -0.116. The summed E-state index contributed by atoms with van der Waals surface area (Å²) in [6, 6.07) is 17.9. The fourth-order valence-corrected chi connectivity index (χ4v) is 3.30. The summed E-state index contributed by atoms with van der Waals surface area (Å²) in [5.74, 6) is 1.61. The molecule has 0 saturated heterocycles. The van der Waals surface area contributed by atoms with Gasteiger partial charge in [0.15, 0.2) is 0 Å². The Bertz CT molecular complexity index is 901. The highest BCUT2D eigenvalue weighted by molar-refractivity contribution is 5.94. The molecule has 2 heterocycles. The molecule has 0 radical (unpaired) electrons. The summed E-state index contributed by atoms with van der Waals surface area (Å²) < 4.78 is 7.44. The first-order chi connectivity index (χ1) is 12.8. The first-order valence-electron chi connectivity index (χ1n) is 8.92. The Labute approximate surface area is 152 Å². The minimum atomic E-state index is -0.00330. The zero-order valence-corrected chi connectivity index (χ0v) is 14.7. The number of hydrogen-bond acceptors (Lipinski definition) is 3. The second kappa shape index (κ2) is 7.04. The predicted octanol–water partition coefficient (Wildman–Crippen LogP) is 4.14. The number of nitrogens with one attached hydrogen (secondary N) is 1. The van der Waals surface area contributed by atoms with Gasteiger partial charge in [-0.25, -0.2) is 4.68 Å². The van der Waals surface area contributed by atoms with Crippen molar-refractivity contribution in [2.75, 3.05) is 11.9 Å².